The molecular formula is C18H24N2O4. The van der Waals surface area contributed by atoms with E-state index in [1.54, 1.807) is 25.3 Å². The third kappa shape index (κ3) is 4.87. The molecule has 1 fully saturated rings. The molecule has 0 bridgehead atoms. The lowest BCUT2D eigenvalue weighted by molar-refractivity contribution is -0.134. The SMILES string of the molecule is COCC1CCCCN(C(=O)COc2ccc(C#N)cc2OC)C1. The van der Waals surface area contributed by atoms with Crippen LogP contribution in [0.5, 0.6) is 11.5 Å². The van der Waals surface area contributed by atoms with Crippen LogP contribution in [-0.4, -0.2) is 51.3 Å². The Morgan fingerprint density at radius 3 is 2.88 bits per heavy atom. The highest BCUT2D eigenvalue weighted by Gasteiger charge is 2.22. The van der Waals surface area contributed by atoms with Crippen LogP contribution in [0.3, 0.4) is 0 Å². The number of hydrogen-bond donors (Lipinski definition) is 0. The normalized spacial score (nSPS) is 17.7. The fourth-order valence-electron chi connectivity index (χ4n) is 2.92. The summed E-state index contributed by atoms with van der Waals surface area (Å²) in [5.74, 6) is 1.26. The van der Waals surface area contributed by atoms with Gasteiger partial charge in [0.05, 0.1) is 25.3 Å². The topological polar surface area (TPSA) is 71.8 Å². The van der Waals surface area contributed by atoms with Gasteiger partial charge in [-0.3, -0.25) is 4.79 Å². The molecule has 1 aliphatic heterocycles. The van der Waals surface area contributed by atoms with Crippen molar-refractivity contribution in [2.75, 3.05) is 40.5 Å². The summed E-state index contributed by atoms with van der Waals surface area (Å²) in [6.45, 7) is 2.10. The molecule has 1 aliphatic rings. The van der Waals surface area contributed by atoms with E-state index in [0.29, 0.717) is 36.1 Å². The Morgan fingerprint density at radius 2 is 2.17 bits per heavy atom. The Hall–Kier alpha value is -2.26. The number of hydrogen-bond acceptors (Lipinski definition) is 5. The molecule has 1 aromatic carbocycles. The third-order valence-electron chi connectivity index (χ3n) is 4.17. The van der Waals surface area contributed by atoms with Gasteiger partial charge in [-0.2, -0.15) is 5.26 Å². The van der Waals surface area contributed by atoms with Crippen LogP contribution >= 0.6 is 0 Å². The van der Waals surface area contributed by atoms with Crippen LogP contribution in [0, 0.1) is 17.2 Å². The van der Waals surface area contributed by atoms with Crippen molar-refractivity contribution in [1.82, 2.24) is 4.90 Å². The van der Waals surface area contributed by atoms with Gasteiger partial charge in [0.15, 0.2) is 18.1 Å². The lowest BCUT2D eigenvalue weighted by atomic mass is 10.0. The van der Waals surface area contributed by atoms with Crippen molar-refractivity contribution in [2.45, 2.75) is 19.3 Å². The van der Waals surface area contributed by atoms with E-state index >= 15 is 0 Å². The Bertz CT molecular complexity index is 597. The lowest BCUT2D eigenvalue weighted by Crippen LogP contribution is -2.38. The van der Waals surface area contributed by atoms with E-state index in [0.717, 1.165) is 25.8 Å². The van der Waals surface area contributed by atoms with Gasteiger partial charge in [-0.05, 0) is 30.9 Å². The second-order valence-electron chi connectivity index (χ2n) is 5.92. The quantitative estimate of drug-likeness (QED) is 0.799. The number of benzene rings is 1. The Labute approximate surface area is 142 Å². The first-order chi connectivity index (χ1) is 11.7. The number of likely N-dealkylation sites (tertiary alicyclic amines) is 1. The molecule has 1 aromatic rings. The van der Waals surface area contributed by atoms with Gasteiger partial charge >= 0.3 is 0 Å². The molecule has 1 atom stereocenters. The fourth-order valence-corrected chi connectivity index (χ4v) is 2.92. The first-order valence-corrected chi connectivity index (χ1v) is 8.15. The van der Waals surface area contributed by atoms with E-state index in [9.17, 15) is 4.79 Å². The van der Waals surface area contributed by atoms with E-state index < -0.39 is 0 Å². The second kappa shape index (κ2) is 9.14. The van der Waals surface area contributed by atoms with Gasteiger partial charge in [-0.15, -0.1) is 0 Å². The summed E-state index contributed by atoms with van der Waals surface area (Å²) < 4.78 is 16.1. The Morgan fingerprint density at radius 1 is 1.33 bits per heavy atom. The summed E-state index contributed by atoms with van der Waals surface area (Å²) in [5, 5.41) is 8.91. The molecule has 6 nitrogen and oxygen atoms in total. The minimum absolute atomic E-state index is 0.0376. The molecule has 0 aromatic heterocycles. The number of ether oxygens (including phenoxy) is 3. The smallest absolute Gasteiger partial charge is 0.260 e. The summed E-state index contributed by atoms with van der Waals surface area (Å²) in [6.07, 6.45) is 3.20. The van der Waals surface area contributed by atoms with Crippen LogP contribution in [0.2, 0.25) is 0 Å². The van der Waals surface area contributed by atoms with Crippen LogP contribution in [0.15, 0.2) is 18.2 Å². The maximum Gasteiger partial charge on any atom is 0.260 e. The van der Waals surface area contributed by atoms with Crippen molar-refractivity contribution >= 4 is 5.91 Å². The lowest BCUT2D eigenvalue weighted by Gasteiger charge is -2.24. The second-order valence-corrected chi connectivity index (χ2v) is 5.92. The van der Waals surface area contributed by atoms with Crippen molar-refractivity contribution in [2.24, 2.45) is 5.92 Å². The Kier molecular flexibility index (Phi) is 6.89. The standard InChI is InChI=1S/C18H24N2O4/c1-22-12-15-5-3-4-8-20(11-15)18(21)13-24-16-7-6-14(10-19)9-17(16)23-2/h6-7,9,15H,3-5,8,11-13H2,1-2H3. The molecule has 1 heterocycles. The summed E-state index contributed by atoms with van der Waals surface area (Å²) in [6, 6.07) is 6.94. The number of methoxy groups -OCH3 is 2. The molecule has 1 saturated heterocycles. The fraction of sp³-hybridized carbons (Fsp3) is 0.556. The van der Waals surface area contributed by atoms with Crippen molar-refractivity contribution in [1.29, 1.82) is 5.26 Å². The van der Waals surface area contributed by atoms with Gasteiger partial charge in [-0.25, -0.2) is 0 Å². The van der Waals surface area contributed by atoms with Crippen molar-refractivity contribution in [3.8, 4) is 17.6 Å². The molecule has 24 heavy (non-hydrogen) atoms. The van der Waals surface area contributed by atoms with Crippen molar-refractivity contribution in [3.05, 3.63) is 23.8 Å². The maximum absolute atomic E-state index is 12.5. The van der Waals surface area contributed by atoms with Gasteiger partial charge in [0.2, 0.25) is 0 Å². The molecule has 0 radical (unpaired) electrons. The van der Waals surface area contributed by atoms with Gasteiger partial charge in [0.25, 0.3) is 5.91 Å². The van der Waals surface area contributed by atoms with E-state index in [1.807, 2.05) is 11.0 Å². The minimum atomic E-state index is -0.0397. The largest absolute Gasteiger partial charge is 0.493 e. The van der Waals surface area contributed by atoms with Crippen molar-refractivity contribution < 1.29 is 19.0 Å². The molecule has 1 unspecified atom stereocenters. The summed E-state index contributed by atoms with van der Waals surface area (Å²) >= 11 is 0. The highest BCUT2D eigenvalue weighted by molar-refractivity contribution is 5.78. The number of carbonyl (C=O) groups is 1. The highest BCUT2D eigenvalue weighted by atomic mass is 16.5. The monoisotopic (exact) mass is 332 g/mol. The van der Waals surface area contributed by atoms with E-state index in [2.05, 4.69) is 0 Å². The molecule has 130 valence electrons. The number of nitriles is 1. The number of amides is 1. The number of rotatable bonds is 6. The van der Waals surface area contributed by atoms with Gasteiger partial charge in [-0.1, -0.05) is 6.42 Å². The summed E-state index contributed by atoms with van der Waals surface area (Å²) in [4.78, 5) is 14.3. The first kappa shape index (κ1) is 18.1. The molecule has 6 heteroatoms. The Balaban J connectivity index is 1.96. The van der Waals surface area contributed by atoms with Crippen LogP contribution in [0.4, 0.5) is 0 Å². The van der Waals surface area contributed by atoms with Gasteiger partial charge < -0.3 is 19.1 Å². The predicted molar refractivity (Wildman–Crippen MR) is 89.0 cm³/mol. The molecule has 0 spiro atoms. The zero-order valence-electron chi connectivity index (χ0n) is 14.3. The maximum atomic E-state index is 12.5. The van der Waals surface area contributed by atoms with E-state index in [1.165, 1.54) is 7.11 Å². The third-order valence-corrected chi connectivity index (χ3v) is 4.17. The number of nitrogens with zero attached hydrogens (tertiary/aromatic N) is 2. The summed E-state index contributed by atoms with van der Waals surface area (Å²) in [7, 11) is 3.20. The molecule has 0 N–H and O–H groups in total. The van der Waals surface area contributed by atoms with Crippen molar-refractivity contribution in [3.63, 3.8) is 0 Å². The van der Waals surface area contributed by atoms with Crippen LogP contribution in [0.25, 0.3) is 0 Å². The zero-order valence-corrected chi connectivity index (χ0v) is 14.3. The van der Waals surface area contributed by atoms with Gasteiger partial charge in [0.1, 0.15) is 0 Å². The molecule has 2 rings (SSSR count). The minimum Gasteiger partial charge on any atom is -0.493 e. The average molecular weight is 332 g/mol. The molecule has 0 aliphatic carbocycles. The molecule has 1 amide bonds. The number of carbonyl (C=O) groups excluding carboxylic acids is 1. The predicted octanol–water partition coefficient (Wildman–Crippen LogP) is 2.22. The molecular weight excluding hydrogens is 308 g/mol. The first-order valence-electron chi connectivity index (χ1n) is 8.15. The van der Waals surface area contributed by atoms with E-state index in [4.69, 9.17) is 19.5 Å². The van der Waals surface area contributed by atoms with Crippen LogP contribution in [0.1, 0.15) is 24.8 Å². The van der Waals surface area contributed by atoms with Crippen LogP contribution < -0.4 is 9.47 Å². The zero-order chi connectivity index (χ0) is 17.4. The highest BCUT2D eigenvalue weighted by Crippen LogP contribution is 2.28. The average Bonchev–Trinajstić information content (AvgIpc) is 2.85. The summed E-state index contributed by atoms with van der Waals surface area (Å²) in [5.41, 5.74) is 0.487. The molecule has 0 saturated carbocycles. The van der Waals surface area contributed by atoms with Crippen LogP contribution in [-0.2, 0) is 9.53 Å². The van der Waals surface area contributed by atoms with E-state index in [-0.39, 0.29) is 12.5 Å². The van der Waals surface area contributed by atoms with Gasteiger partial charge in [0, 0.05) is 26.3 Å².